The molecule has 0 bridgehead atoms. The van der Waals surface area contributed by atoms with Crippen molar-refractivity contribution >= 4 is 60.7 Å². The first-order valence-corrected chi connectivity index (χ1v) is 36.3. The summed E-state index contributed by atoms with van der Waals surface area (Å²) in [6.45, 7) is 15.8. The van der Waals surface area contributed by atoms with Crippen LogP contribution in [0.2, 0.25) is 0 Å². The van der Waals surface area contributed by atoms with Crippen LogP contribution in [0.4, 0.5) is 17.1 Å². The van der Waals surface area contributed by atoms with Crippen LogP contribution in [-0.2, 0) is 5.41 Å². The molecule has 0 aliphatic carbocycles. The van der Waals surface area contributed by atoms with Crippen molar-refractivity contribution in [1.82, 2.24) is 19.3 Å². The van der Waals surface area contributed by atoms with Gasteiger partial charge in [0.25, 0.3) is 0 Å². The van der Waals surface area contributed by atoms with Gasteiger partial charge in [0.1, 0.15) is 0 Å². The third-order valence-electron chi connectivity index (χ3n) is 21.4. The third kappa shape index (κ3) is 17.0. The molecule has 0 radical (unpaired) electrons. The van der Waals surface area contributed by atoms with E-state index in [1.54, 1.807) is 0 Å². The summed E-state index contributed by atoms with van der Waals surface area (Å²) in [5.74, 6) is 1.78. The van der Waals surface area contributed by atoms with Crippen molar-refractivity contribution in [3.05, 3.63) is 349 Å². The summed E-state index contributed by atoms with van der Waals surface area (Å²) < 4.78 is 11.3. The van der Waals surface area contributed by atoms with Gasteiger partial charge in [0.05, 0.1) is 11.0 Å². The Morgan fingerprint density at radius 1 is 0.327 bits per heavy atom. The van der Waals surface area contributed by atoms with Crippen LogP contribution in [-0.4, -0.2) is 19.3 Å². The molecule has 16 rings (SSSR count). The molecule has 0 aliphatic heterocycles. The van der Waals surface area contributed by atoms with Crippen LogP contribution in [0.3, 0.4) is 0 Å². The van der Waals surface area contributed by atoms with Crippen molar-refractivity contribution in [2.45, 2.75) is 163 Å². The van der Waals surface area contributed by atoms with Crippen LogP contribution in [0.25, 0.3) is 106 Å². The van der Waals surface area contributed by atoms with Gasteiger partial charge in [-0.1, -0.05) is 317 Å². The Bertz CT molecular complexity index is 5410. The van der Waals surface area contributed by atoms with Gasteiger partial charge in [0.2, 0.25) is 11.8 Å². The van der Waals surface area contributed by atoms with Gasteiger partial charge in [-0.15, -0.1) is 10.2 Å². The number of fused-ring (bicyclic) bond motifs is 6. The maximum absolute atomic E-state index is 6.26. The average molecular weight is 1450 g/mol. The first-order chi connectivity index (χ1) is 49.8. The lowest BCUT2D eigenvalue weighted by Crippen LogP contribution is -2.15. The maximum atomic E-state index is 6.26. The lowest BCUT2D eigenvalue weighted by atomic mass is 9.76. The summed E-state index contributed by atoms with van der Waals surface area (Å²) >= 11 is 0. The number of anilines is 3. The number of aryl methyl sites for hydroxylation is 2. The van der Waals surface area contributed by atoms with E-state index < -0.39 is 0 Å². The molecule has 4 atom stereocenters. The van der Waals surface area contributed by atoms with Crippen LogP contribution in [0.1, 0.15) is 177 Å². The molecule has 13 aromatic carbocycles. The predicted octanol–water partition coefficient (Wildman–Crippen LogP) is 31.6. The molecule has 0 N–H and O–H groups in total. The second-order valence-corrected chi connectivity index (χ2v) is 29.1. The monoisotopic (exact) mass is 1450 g/mol. The Balaban J connectivity index is 0.00000190. The van der Waals surface area contributed by atoms with Crippen LogP contribution >= 0.6 is 0 Å². The molecule has 0 spiro atoms. The third-order valence-corrected chi connectivity index (χ3v) is 21.4. The van der Waals surface area contributed by atoms with Gasteiger partial charge in [0, 0.05) is 72.5 Å². The fourth-order valence-corrected chi connectivity index (χ4v) is 15.8. The van der Waals surface area contributed by atoms with Gasteiger partial charge in [-0.2, -0.15) is 0 Å². The molecule has 3 aromatic heterocycles. The molecule has 0 fully saturated rings. The first kappa shape index (κ1) is 84.0. The van der Waals surface area contributed by atoms with Gasteiger partial charge >= 0.3 is 0 Å². The number of para-hydroxylation sites is 4. The highest BCUT2D eigenvalue weighted by Crippen LogP contribution is 2.46. The van der Waals surface area contributed by atoms with E-state index in [4.69, 9.17) is 4.42 Å². The molecule has 0 aliphatic rings. The second-order valence-electron chi connectivity index (χ2n) is 29.1. The first-order valence-electron chi connectivity index (χ1n) is 36.3. The minimum atomic E-state index is 0. The Labute approximate surface area is 658 Å². The molecular formula is C104H117N5O. The average Bonchev–Trinajstić information content (AvgIpc) is 1.61. The van der Waals surface area contributed by atoms with Gasteiger partial charge in [0.15, 0.2) is 0 Å². The normalized spacial score (nSPS) is 12.1. The van der Waals surface area contributed by atoms with Crippen molar-refractivity contribution in [2.75, 3.05) is 4.90 Å². The number of benzene rings is 13. The Morgan fingerprint density at radius 2 is 0.618 bits per heavy atom. The van der Waals surface area contributed by atoms with Gasteiger partial charge in [-0.3, -0.25) is 0 Å². The lowest BCUT2D eigenvalue weighted by molar-refractivity contribution is 0.400. The van der Waals surface area contributed by atoms with E-state index in [0.29, 0.717) is 17.7 Å². The molecule has 16 aromatic rings. The number of hydrogen-bond donors (Lipinski definition) is 0. The van der Waals surface area contributed by atoms with E-state index in [2.05, 4.69) is 388 Å². The summed E-state index contributed by atoms with van der Waals surface area (Å²) in [5.41, 5.74) is 26.4. The van der Waals surface area contributed by atoms with Crippen LogP contribution < -0.4 is 4.90 Å². The molecule has 4 unspecified atom stereocenters. The van der Waals surface area contributed by atoms with Crippen molar-refractivity contribution < 1.29 is 4.42 Å². The number of rotatable bonds is 20. The summed E-state index contributed by atoms with van der Waals surface area (Å²) in [5, 5.41) is 14.1. The fourth-order valence-electron chi connectivity index (χ4n) is 15.8. The minimum absolute atomic E-state index is 0. The quantitative estimate of drug-likeness (QED) is 0.0763. The molecular weight excluding hydrogens is 1340 g/mol. The SMILES string of the molecule is C.C.C.C.C.C.C.C.CCC(CC(CC(CC(C)n1c2ccccc2c2ccccc21)c1ccc(-c2ccc(-n3c4ccccc4c4ccccc43)cc2)cc1)c1ccc(-c2ccc(N(c3ccc(C)cc3)c3ccc(C)cc3)cc2)cc1)c1ccc(-c2ccc(-c3nnc(-c4ccc(C(C)(C)C)cc4)o3)cc2)cc1. The molecule has 0 saturated carbocycles. The molecule has 6 nitrogen and oxygen atoms in total. The van der Waals surface area contributed by atoms with E-state index >= 15 is 0 Å². The van der Waals surface area contributed by atoms with Crippen LogP contribution in [0.15, 0.2) is 320 Å². The Kier molecular flexibility index (Phi) is 27.6. The number of hydrogen-bond acceptors (Lipinski definition) is 4. The van der Waals surface area contributed by atoms with Crippen molar-refractivity contribution in [1.29, 1.82) is 0 Å². The highest BCUT2D eigenvalue weighted by Gasteiger charge is 2.28. The smallest absolute Gasteiger partial charge is 0.248 e. The van der Waals surface area contributed by atoms with Crippen molar-refractivity contribution in [3.63, 3.8) is 0 Å². The van der Waals surface area contributed by atoms with E-state index in [1.165, 1.54) is 105 Å². The predicted molar refractivity (Wildman–Crippen MR) is 482 cm³/mol. The van der Waals surface area contributed by atoms with E-state index in [9.17, 15) is 0 Å². The van der Waals surface area contributed by atoms with E-state index in [1.807, 2.05) is 0 Å². The topological polar surface area (TPSA) is 52.0 Å². The van der Waals surface area contributed by atoms with Gasteiger partial charge in [-0.25, -0.2) is 0 Å². The lowest BCUT2D eigenvalue weighted by Gasteiger charge is -2.30. The van der Waals surface area contributed by atoms with Crippen LogP contribution in [0, 0.1) is 13.8 Å². The molecule has 564 valence electrons. The van der Waals surface area contributed by atoms with Crippen LogP contribution in [0.5, 0.6) is 0 Å². The standard InChI is InChI=1S/C96H85N5O.8CH4/c1-8-67(68-29-31-69(32-30-68)72-41-43-77(44-42-72)94-97-98-95(102-94)78-45-51-81(52-46-78)96(5,6)7)62-80(76-39-35-71(36-40-76)73-47-57-84(58-48-73)100(82-53-25-64(2)26-54-82)83-55-27-65(3)28-56-83)63-79(61-66(4)99-90-21-13-9-17-86(90)87-18-10-14-22-91(87)99)75-37-33-70(34-38-75)74-49-59-85(60-50-74)101-92-23-15-11-19-88(92)89-20-12-16-24-93(89)101;;;;;;;;/h9-60,66-67,79-80H,8,61-63H2,1-7H3;8*1H4. The van der Waals surface area contributed by atoms with Crippen molar-refractivity contribution in [2.24, 2.45) is 0 Å². The molecule has 0 saturated heterocycles. The zero-order valence-electron chi connectivity index (χ0n) is 59.3. The summed E-state index contributed by atoms with van der Waals surface area (Å²) in [6.07, 6.45) is 3.94. The van der Waals surface area contributed by atoms with E-state index in [-0.39, 0.29) is 82.7 Å². The molecule has 110 heavy (non-hydrogen) atoms. The number of nitrogens with zero attached hydrogens (tertiary/aromatic N) is 5. The van der Waals surface area contributed by atoms with Gasteiger partial charge in [-0.05, 0) is 222 Å². The zero-order valence-corrected chi connectivity index (χ0v) is 59.3. The summed E-state index contributed by atoms with van der Waals surface area (Å²) in [6, 6.07) is 117. The van der Waals surface area contributed by atoms with Gasteiger partial charge < -0.3 is 18.5 Å². The molecule has 0 amide bonds. The summed E-state index contributed by atoms with van der Waals surface area (Å²) in [7, 11) is 0. The van der Waals surface area contributed by atoms with E-state index in [0.717, 1.165) is 65.1 Å². The van der Waals surface area contributed by atoms with Crippen molar-refractivity contribution in [3.8, 4) is 62.0 Å². The summed E-state index contributed by atoms with van der Waals surface area (Å²) in [4.78, 5) is 2.35. The Hall–Kier alpha value is -11.6. The maximum Gasteiger partial charge on any atom is 0.248 e. The largest absolute Gasteiger partial charge is 0.416 e. The minimum Gasteiger partial charge on any atom is -0.416 e. The number of aromatic nitrogens is 4. The Morgan fingerprint density at radius 3 is 1.00 bits per heavy atom. The second kappa shape index (κ2) is 36.1. The highest BCUT2D eigenvalue weighted by molar-refractivity contribution is 6.10. The molecule has 3 heterocycles. The fraction of sp³-hybridized carbons (Fsp3) is 0.231. The highest BCUT2D eigenvalue weighted by atomic mass is 16.4. The molecule has 6 heteroatoms. The zero-order chi connectivity index (χ0) is 69.4.